The third-order valence-electron chi connectivity index (χ3n) is 4.66. The Hall–Kier alpha value is -2.92. The van der Waals surface area contributed by atoms with Gasteiger partial charge in [0.15, 0.2) is 0 Å². The van der Waals surface area contributed by atoms with E-state index < -0.39 is 0 Å². The van der Waals surface area contributed by atoms with Crippen molar-refractivity contribution in [2.75, 3.05) is 0 Å². The lowest BCUT2D eigenvalue weighted by molar-refractivity contribution is -0.130. The predicted octanol–water partition coefficient (Wildman–Crippen LogP) is 2.87. The van der Waals surface area contributed by atoms with Crippen LogP contribution in [0.15, 0.2) is 73.1 Å². The van der Waals surface area contributed by atoms with E-state index in [9.17, 15) is 4.79 Å². The van der Waals surface area contributed by atoms with Crippen molar-refractivity contribution < 1.29 is 10.0 Å². The predicted molar refractivity (Wildman–Crippen MR) is 88.9 cm³/mol. The van der Waals surface area contributed by atoms with Gasteiger partial charge in [0.25, 0.3) is 0 Å². The lowest BCUT2D eigenvalue weighted by atomic mass is 10.0. The lowest BCUT2D eigenvalue weighted by Gasteiger charge is -2.04. The monoisotopic (exact) mass is 319 g/mol. The van der Waals surface area contributed by atoms with E-state index in [2.05, 4.69) is 5.10 Å². The molecule has 120 valence electrons. The number of aromatic nitrogens is 2. The fourth-order valence-corrected chi connectivity index (χ4v) is 3.49. The summed E-state index contributed by atoms with van der Waals surface area (Å²) >= 11 is 0. The summed E-state index contributed by atoms with van der Waals surface area (Å²) < 4.78 is 1.79. The van der Waals surface area contributed by atoms with Crippen molar-refractivity contribution in [3.63, 3.8) is 0 Å². The van der Waals surface area contributed by atoms with Gasteiger partial charge < -0.3 is 0 Å². The highest BCUT2D eigenvalue weighted by molar-refractivity contribution is 5.84. The second-order valence-electron chi connectivity index (χ2n) is 6.01. The molecule has 0 saturated heterocycles. The second-order valence-corrected chi connectivity index (χ2v) is 6.01. The van der Waals surface area contributed by atoms with Gasteiger partial charge in [-0.05, 0) is 29.3 Å². The van der Waals surface area contributed by atoms with Crippen LogP contribution in [0.3, 0.4) is 0 Å². The van der Waals surface area contributed by atoms with E-state index in [1.165, 1.54) is 0 Å². The van der Waals surface area contributed by atoms with Crippen LogP contribution in [0.5, 0.6) is 0 Å². The van der Waals surface area contributed by atoms with Crippen LogP contribution in [0.1, 0.15) is 23.0 Å². The quantitative estimate of drug-likeness (QED) is 0.574. The molecule has 5 nitrogen and oxygen atoms in total. The molecule has 5 heteroatoms. The van der Waals surface area contributed by atoms with Crippen molar-refractivity contribution in [3.8, 4) is 5.69 Å². The van der Waals surface area contributed by atoms with Crippen LogP contribution < -0.4 is 5.48 Å². The summed E-state index contributed by atoms with van der Waals surface area (Å²) in [6.45, 7) is 0. The molecule has 0 radical (unpaired) electrons. The summed E-state index contributed by atoms with van der Waals surface area (Å²) in [6.07, 6.45) is 3.63. The number of hydroxylamine groups is 1. The smallest absolute Gasteiger partial charge is 0.247 e. The van der Waals surface area contributed by atoms with Gasteiger partial charge in [0.2, 0.25) is 5.91 Å². The molecule has 1 aromatic heterocycles. The summed E-state index contributed by atoms with van der Waals surface area (Å²) in [5, 5.41) is 13.2. The van der Waals surface area contributed by atoms with Crippen LogP contribution in [-0.2, 0) is 4.79 Å². The highest BCUT2D eigenvalue weighted by atomic mass is 16.5. The van der Waals surface area contributed by atoms with Crippen LogP contribution >= 0.6 is 0 Å². The van der Waals surface area contributed by atoms with Gasteiger partial charge in [0.1, 0.15) is 0 Å². The summed E-state index contributed by atoms with van der Waals surface area (Å²) in [6, 6.07) is 19.9. The maximum Gasteiger partial charge on any atom is 0.247 e. The van der Waals surface area contributed by atoms with Gasteiger partial charge in [-0.3, -0.25) is 10.0 Å². The van der Waals surface area contributed by atoms with Gasteiger partial charge in [0.05, 0.1) is 11.6 Å². The van der Waals surface area contributed by atoms with Crippen LogP contribution in [0.4, 0.5) is 0 Å². The Morgan fingerprint density at radius 1 is 0.958 bits per heavy atom. The zero-order valence-corrected chi connectivity index (χ0v) is 12.9. The average Bonchev–Trinajstić information content (AvgIpc) is 3.15. The molecule has 1 heterocycles. The van der Waals surface area contributed by atoms with E-state index in [1.807, 2.05) is 72.3 Å². The molecule has 3 unspecified atom stereocenters. The SMILES string of the molecule is O=C(NO)C1C(c2ccccc2)C1c1ccc(-n2cccn2)cc1. The first-order chi connectivity index (χ1) is 11.8. The van der Waals surface area contributed by atoms with E-state index >= 15 is 0 Å². The maximum atomic E-state index is 12.0. The van der Waals surface area contributed by atoms with E-state index in [4.69, 9.17) is 5.21 Å². The molecule has 1 fully saturated rings. The van der Waals surface area contributed by atoms with Gasteiger partial charge >= 0.3 is 0 Å². The zero-order valence-electron chi connectivity index (χ0n) is 12.9. The van der Waals surface area contributed by atoms with E-state index in [-0.39, 0.29) is 23.7 Å². The van der Waals surface area contributed by atoms with Gasteiger partial charge in [0, 0.05) is 24.2 Å². The zero-order chi connectivity index (χ0) is 16.5. The number of carbonyl (C=O) groups excluding carboxylic acids is 1. The molecule has 0 bridgehead atoms. The molecule has 1 amide bonds. The molecule has 2 aromatic carbocycles. The molecule has 24 heavy (non-hydrogen) atoms. The molecule has 2 N–H and O–H groups in total. The number of hydrogen-bond acceptors (Lipinski definition) is 3. The minimum absolute atomic E-state index is 0.0752. The summed E-state index contributed by atoms with van der Waals surface area (Å²) in [5.74, 6) is -0.405. The molecule has 1 aliphatic rings. The molecule has 0 spiro atoms. The van der Waals surface area contributed by atoms with Gasteiger partial charge in [-0.1, -0.05) is 42.5 Å². The Balaban J connectivity index is 1.63. The Bertz CT molecular complexity index is 829. The van der Waals surface area contributed by atoms with Crippen LogP contribution in [0, 0.1) is 5.92 Å². The third-order valence-corrected chi connectivity index (χ3v) is 4.66. The fourth-order valence-electron chi connectivity index (χ4n) is 3.49. The molecular weight excluding hydrogens is 302 g/mol. The standard InChI is InChI=1S/C19H17N3O2/c23-19(21-24)18-16(13-5-2-1-3-6-13)17(18)14-7-9-15(10-8-14)22-12-4-11-20-22/h1-12,16-18,24H,(H,21,23). The van der Waals surface area contributed by atoms with Crippen molar-refractivity contribution >= 4 is 5.91 Å². The second kappa shape index (κ2) is 5.94. The van der Waals surface area contributed by atoms with Gasteiger partial charge in [-0.2, -0.15) is 5.10 Å². The normalized spacial score (nSPS) is 22.1. The van der Waals surface area contributed by atoms with Gasteiger partial charge in [-0.25, -0.2) is 10.2 Å². The van der Waals surface area contributed by atoms with Crippen LogP contribution in [0.25, 0.3) is 5.69 Å². The minimum atomic E-state index is -0.329. The van der Waals surface area contributed by atoms with E-state index in [0.29, 0.717) is 0 Å². The van der Waals surface area contributed by atoms with E-state index in [1.54, 1.807) is 10.9 Å². The molecule has 3 aromatic rings. The first-order valence-electron chi connectivity index (χ1n) is 7.88. The Kier molecular flexibility index (Phi) is 3.63. The Labute approximate surface area is 139 Å². The number of nitrogens with one attached hydrogen (secondary N) is 1. The summed E-state index contributed by atoms with van der Waals surface area (Å²) in [7, 11) is 0. The number of amides is 1. The van der Waals surface area contributed by atoms with Gasteiger partial charge in [-0.15, -0.1) is 0 Å². The van der Waals surface area contributed by atoms with Crippen molar-refractivity contribution in [2.45, 2.75) is 11.8 Å². The third kappa shape index (κ3) is 2.49. The Morgan fingerprint density at radius 2 is 1.62 bits per heavy atom. The largest absolute Gasteiger partial charge is 0.289 e. The number of carbonyl (C=O) groups is 1. The molecule has 1 aliphatic carbocycles. The summed E-state index contributed by atoms with van der Waals surface area (Å²) in [4.78, 5) is 12.0. The molecule has 4 rings (SSSR count). The van der Waals surface area contributed by atoms with Crippen LogP contribution in [0.2, 0.25) is 0 Å². The first-order valence-corrected chi connectivity index (χ1v) is 7.88. The van der Waals surface area contributed by atoms with E-state index in [0.717, 1.165) is 16.8 Å². The number of hydrogen-bond donors (Lipinski definition) is 2. The lowest BCUT2D eigenvalue weighted by Crippen LogP contribution is -2.21. The highest BCUT2D eigenvalue weighted by Gasteiger charge is 2.56. The topological polar surface area (TPSA) is 67.2 Å². The Morgan fingerprint density at radius 3 is 2.21 bits per heavy atom. The number of rotatable bonds is 4. The van der Waals surface area contributed by atoms with Crippen molar-refractivity contribution in [1.29, 1.82) is 0 Å². The summed E-state index contributed by atoms with van der Waals surface area (Å²) in [5.41, 5.74) is 4.99. The average molecular weight is 319 g/mol. The van der Waals surface area contributed by atoms with Crippen molar-refractivity contribution in [3.05, 3.63) is 84.2 Å². The molecule has 0 aliphatic heterocycles. The minimum Gasteiger partial charge on any atom is -0.289 e. The molecule has 1 saturated carbocycles. The first kappa shape index (κ1) is 14.7. The fraction of sp³-hybridized carbons (Fsp3) is 0.158. The van der Waals surface area contributed by atoms with Crippen LogP contribution in [-0.4, -0.2) is 20.9 Å². The maximum absolute atomic E-state index is 12.0. The highest BCUT2D eigenvalue weighted by Crippen LogP contribution is 2.60. The number of benzene rings is 2. The molecular formula is C19H17N3O2. The number of nitrogens with zero attached hydrogens (tertiary/aromatic N) is 2. The van der Waals surface area contributed by atoms with Crippen molar-refractivity contribution in [2.24, 2.45) is 5.92 Å². The van der Waals surface area contributed by atoms with Crippen molar-refractivity contribution in [1.82, 2.24) is 15.3 Å². The molecule has 3 atom stereocenters.